The van der Waals surface area contributed by atoms with Gasteiger partial charge in [-0.1, -0.05) is 20.8 Å². The number of carbonyl (C=O) groups is 1. The number of piperazine rings is 1. The maximum absolute atomic E-state index is 11.3. The van der Waals surface area contributed by atoms with Crippen molar-refractivity contribution in [3.63, 3.8) is 0 Å². The lowest BCUT2D eigenvalue weighted by Gasteiger charge is -2.42. The minimum atomic E-state index is -4.36. The van der Waals surface area contributed by atoms with Crippen LogP contribution >= 0.6 is 0 Å². The van der Waals surface area contributed by atoms with E-state index in [-0.39, 0.29) is 17.4 Å². The topological polar surface area (TPSA) is 140 Å². The van der Waals surface area contributed by atoms with Crippen LogP contribution in [0.2, 0.25) is 0 Å². The number of phenolic OH excluding ortho intramolecular Hbond substituents is 2. The van der Waals surface area contributed by atoms with Crippen LogP contribution in [0.1, 0.15) is 69.7 Å². The molecule has 1 aromatic rings. The van der Waals surface area contributed by atoms with Crippen LogP contribution in [-0.4, -0.2) is 90.0 Å². The number of benzene rings is 1. The van der Waals surface area contributed by atoms with Gasteiger partial charge in [0.2, 0.25) is 5.91 Å². The van der Waals surface area contributed by atoms with E-state index in [2.05, 4.69) is 22.0 Å². The Labute approximate surface area is 223 Å². The van der Waals surface area contributed by atoms with E-state index in [1.165, 1.54) is 45.1 Å². The van der Waals surface area contributed by atoms with Gasteiger partial charge in [0.05, 0.1) is 12.7 Å². The quantitative estimate of drug-likeness (QED) is 0.273. The van der Waals surface area contributed by atoms with E-state index in [4.69, 9.17) is 11.5 Å². The summed E-state index contributed by atoms with van der Waals surface area (Å²) < 4.78 is 33.9. The number of hydrogen-bond acceptors (Lipinski definition) is 8. The molecular weight excluding hydrogens is 501 g/mol. The Hall–Kier alpha value is -2.12. The zero-order valence-corrected chi connectivity index (χ0v) is 22.7. The van der Waals surface area contributed by atoms with Crippen molar-refractivity contribution in [2.24, 2.45) is 11.5 Å². The first-order valence-corrected chi connectivity index (χ1v) is 13.4. The van der Waals surface area contributed by atoms with Gasteiger partial charge in [-0.25, -0.2) is 0 Å². The van der Waals surface area contributed by atoms with Gasteiger partial charge >= 0.3 is 6.18 Å². The van der Waals surface area contributed by atoms with Crippen molar-refractivity contribution in [3.8, 4) is 11.5 Å². The number of carbonyl (C=O) groups excluding carboxylic acids is 1. The van der Waals surface area contributed by atoms with Gasteiger partial charge < -0.3 is 31.9 Å². The number of likely N-dealkylation sites (N-methyl/N-ethyl adjacent to an activating group) is 1. The molecule has 1 atom stereocenters. The zero-order valence-electron chi connectivity index (χ0n) is 22.7. The molecule has 9 nitrogen and oxygen atoms in total. The molecule has 2 fully saturated rings. The predicted molar refractivity (Wildman–Crippen MR) is 142 cm³/mol. The molecule has 2 aliphatic rings. The molecule has 1 heterocycles. The zero-order chi connectivity index (χ0) is 28.5. The van der Waals surface area contributed by atoms with Gasteiger partial charge in [-0.3, -0.25) is 15.0 Å². The summed E-state index contributed by atoms with van der Waals surface area (Å²) in [5.41, 5.74) is 12.6. The molecule has 0 aromatic heterocycles. The van der Waals surface area contributed by atoms with E-state index in [0.29, 0.717) is 17.6 Å². The Morgan fingerprint density at radius 3 is 2.13 bits per heavy atom. The molecule has 1 unspecified atom stereocenters. The van der Waals surface area contributed by atoms with E-state index in [0.717, 1.165) is 24.9 Å². The van der Waals surface area contributed by atoms with Crippen molar-refractivity contribution in [2.75, 3.05) is 45.8 Å². The van der Waals surface area contributed by atoms with Crippen molar-refractivity contribution in [1.82, 2.24) is 20.4 Å². The number of aromatic hydroxyl groups is 2. The molecule has 0 radical (unpaired) electrons. The molecule has 0 spiro atoms. The van der Waals surface area contributed by atoms with Crippen LogP contribution in [0.5, 0.6) is 11.5 Å². The van der Waals surface area contributed by atoms with E-state index in [1.807, 2.05) is 19.9 Å². The summed E-state index contributed by atoms with van der Waals surface area (Å²) in [7, 11) is 0. The Bertz CT molecular complexity index is 871. The molecule has 3 rings (SSSR count). The summed E-state index contributed by atoms with van der Waals surface area (Å²) in [6.07, 6.45) is -0.146. The molecule has 12 heteroatoms. The van der Waals surface area contributed by atoms with E-state index < -0.39 is 31.3 Å². The first kappa shape index (κ1) is 32.1. The number of hydrogen-bond donors (Lipinski definition) is 6. The summed E-state index contributed by atoms with van der Waals surface area (Å²) in [6.45, 7) is 10.5. The van der Waals surface area contributed by atoms with Crippen LogP contribution in [0.25, 0.3) is 0 Å². The number of amides is 1. The minimum Gasteiger partial charge on any atom is -0.508 e. The van der Waals surface area contributed by atoms with Gasteiger partial charge in [-0.2, -0.15) is 13.2 Å². The number of nitrogens with zero attached hydrogens (tertiary/aromatic N) is 2. The summed E-state index contributed by atoms with van der Waals surface area (Å²) in [4.78, 5) is 15.3. The highest BCUT2D eigenvalue weighted by atomic mass is 19.4. The number of phenols is 2. The van der Waals surface area contributed by atoms with Gasteiger partial charge in [-0.15, -0.1) is 0 Å². The third-order valence-corrected chi connectivity index (χ3v) is 7.29. The molecule has 1 aromatic carbocycles. The maximum atomic E-state index is 11.3. The van der Waals surface area contributed by atoms with Crippen LogP contribution in [0.4, 0.5) is 13.2 Å². The second kappa shape index (κ2) is 14.9. The molecular formula is C26H45F3N6O3. The smallest absolute Gasteiger partial charge is 0.405 e. The Morgan fingerprint density at radius 2 is 1.63 bits per heavy atom. The number of halogens is 3. The fourth-order valence-corrected chi connectivity index (χ4v) is 4.99. The van der Waals surface area contributed by atoms with Crippen molar-refractivity contribution in [3.05, 3.63) is 23.3 Å². The van der Waals surface area contributed by atoms with Gasteiger partial charge in [0.1, 0.15) is 18.0 Å². The average molecular weight is 547 g/mol. The molecule has 8 N–H and O–H groups in total. The highest BCUT2D eigenvalue weighted by molar-refractivity contribution is 5.77. The third-order valence-electron chi connectivity index (χ3n) is 7.29. The van der Waals surface area contributed by atoms with Crippen molar-refractivity contribution >= 4 is 5.91 Å². The monoisotopic (exact) mass is 546 g/mol. The Kier molecular flexibility index (Phi) is 12.6. The summed E-state index contributed by atoms with van der Waals surface area (Å²) in [5, 5.41) is 25.4. The van der Waals surface area contributed by atoms with Crippen LogP contribution in [0.3, 0.4) is 0 Å². The van der Waals surface area contributed by atoms with E-state index in [9.17, 15) is 28.2 Å². The van der Waals surface area contributed by atoms with Gasteiger partial charge in [0.15, 0.2) is 0 Å². The van der Waals surface area contributed by atoms with Crippen LogP contribution < -0.4 is 22.1 Å². The largest absolute Gasteiger partial charge is 0.508 e. The molecule has 1 saturated heterocycles. The Morgan fingerprint density at radius 1 is 1.05 bits per heavy atom. The molecule has 1 aliphatic carbocycles. The first-order chi connectivity index (χ1) is 17.8. The van der Waals surface area contributed by atoms with Crippen molar-refractivity contribution < 1.29 is 28.2 Å². The normalized spacial score (nSPS) is 22.0. The van der Waals surface area contributed by atoms with Crippen molar-refractivity contribution in [1.29, 1.82) is 0 Å². The number of alkyl halides is 3. The van der Waals surface area contributed by atoms with Gasteiger partial charge in [-0.05, 0) is 49.8 Å². The molecule has 218 valence electrons. The molecule has 1 amide bonds. The molecule has 0 bridgehead atoms. The fourth-order valence-electron chi connectivity index (χ4n) is 4.99. The lowest BCUT2D eigenvalue weighted by Crippen LogP contribution is -2.52. The molecule has 38 heavy (non-hydrogen) atoms. The number of rotatable bonds is 8. The number of nitrogens with one attached hydrogen (secondary N) is 2. The predicted octanol–water partition coefficient (Wildman–Crippen LogP) is 2.34. The standard InChI is InChI=1S/C22H38N4O2.C4H7F3N2O/c1-4-25-9-11-26(12-10-25)17-7-5-16(6-8-17)24-22(23)19-13-18(15(2)3)20(27)14-21(19)28;5-4(6,7)2-9-3(10)1-8/h13-17,22,24,27-28H,4-12,23H2,1-3H3;1-2,8H2,(H,9,10). The third kappa shape index (κ3) is 10.2. The highest BCUT2D eigenvalue weighted by Crippen LogP contribution is 2.34. The second-order valence-electron chi connectivity index (χ2n) is 10.3. The average Bonchev–Trinajstić information content (AvgIpc) is 2.87. The van der Waals surface area contributed by atoms with Crippen LogP contribution in [-0.2, 0) is 4.79 Å². The SMILES string of the molecule is CCN1CCN(C2CCC(NC(N)c3cc(C(C)C)c(O)cc3O)CC2)CC1.NCC(=O)NCC(F)(F)F. The lowest BCUT2D eigenvalue weighted by molar-refractivity contribution is -0.137. The molecule has 1 saturated carbocycles. The van der Waals surface area contributed by atoms with Crippen LogP contribution in [0.15, 0.2) is 12.1 Å². The van der Waals surface area contributed by atoms with Gasteiger partial charge in [0, 0.05) is 49.9 Å². The molecule has 1 aliphatic heterocycles. The first-order valence-electron chi connectivity index (χ1n) is 13.4. The maximum Gasteiger partial charge on any atom is 0.405 e. The lowest BCUT2D eigenvalue weighted by atomic mass is 9.89. The van der Waals surface area contributed by atoms with E-state index in [1.54, 1.807) is 5.32 Å². The number of nitrogens with two attached hydrogens (primary N) is 2. The van der Waals surface area contributed by atoms with Gasteiger partial charge in [0.25, 0.3) is 0 Å². The van der Waals surface area contributed by atoms with Crippen molar-refractivity contribution in [2.45, 2.75) is 76.8 Å². The summed E-state index contributed by atoms with van der Waals surface area (Å²) in [6, 6.07) is 4.33. The summed E-state index contributed by atoms with van der Waals surface area (Å²) >= 11 is 0. The fraction of sp³-hybridized carbons (Fsp3) is 0.731. The highest BCUT2D eigenvalue weighted by Gasteiger charge is 2.29. The summed E-state index contributed by atoms with van der Waals surface area (Å²) in [5.74, 6) is -0.441. The van der Waals surface area contributed by atoms with Crippen LogP contribution in [0, 0.1) is 0 Å². The minimum absolute atomic E-state index is 0.0596. The van der Waals surface area contributed by atoms with E-state index >= 15 is 0 Å². The Balaban J connectivity index is 0.000000432. The second-order valence-corrected chi connectivity index (χ2v) is 10.3.